The molecular formula is C52H30N4O. The van der Waals surface area contributed by atoms with Crippen molar-refractivity contribution in [1.82, 2.24) is 15.0 Å². The van der Waals surface area contributed by atoms with E-state index in [1.54, 1.807) is 0 Å². The molecule has 0 radical (unpaired) electrons. The van der Waals surface area contributed by atoms with Crippen LogP contribution in [-0.2, 0) is 0 Å². The minimum Gasteiger partial charge on any atom is -0.456 e. The van der Waals surface area contributed by atoms with E-state index in [-0.39, 0.29) is 0 Å². The molecule has 0 aliphatic rings. The zero-order valence-electron chi connectivity index (χ0n) is 30.5. The van der Waals surface area contributed by atoms with Crippen LogP contribution in [0.15, 0.2) is 186 Å². The van der Waals surface area contributed by atoms with E-state index in [0.29, 0.717) is 23.0 Å². The van der Waals surface area contributed by atoms with Crippen molar-refractivity contribution in [3.63, 3.8) is 0 Å². The smallest absolute Gasteiger partial charge is 0.164 e. The van der Waals surface area contributed by atoms with Crippen molar-refractivity contribution in [3.8, 4) is 84.7 Å². The molecule has 10 rings (SSSR count). The number of furan rings is 1. The van der Waals surface area contributed by atoms with Gasteiger partial charge in [-0.2, -0.15) is 5.26 Å². The molecule has 57 heavy (non-hydrogen) atoms. The molecule has 0 saturated heterocycles. The summed E-state index contributed by atoms with van der Waals surface area (Å²) < 4.78 is 6.54. The van der Waals surface area contributed by atoms with Gasteiger partial charge in [-0.25, -0.2) is 15.0 Å². The van der Waals surface area contributed by atoms with Crippen LogP contribution in [-0.4, -0.2) is 15.0 Å². The van der Waals surface area contributed by atoms with Gasteiger partial charge in [-0.05, 0) is 93.0 Å². The molecule has 0 amide bonds. The predicted octanol–water partition coefficient (Wildman–Crippen LogP) is 12.9. The lowest BCUT2D eigenvalue weighted by molar-refractivity contribution is 0.669. The fraction of sp³-hybridized carbons (Fsp3) is 0. The van der Waals surface area contributed by atoms with Crippen molar-refractivity contribution < 1.29 is 4.42 Å². The van der Waals surface area contributed by atoms with Crippen LogP contribution in [0.1, 0.15) is 5.56 Å². The highest BCUT2D eigenvalue weighted by Gasteiger charge is 2.18. The van der Waals surface area contributed by atoms with E-state index in [0.717, 1.165) is 72.0 Å². The zero-order valence-corrected chi connectivity index (χ0v) is 30.5. The Labute approximate surface area is 329 Å². The Balaban J connectivity index is 1.08. The lowest BCUT2D eigenvalue weighted by atomic mass is 9.96. The predicted molar refractivity (Wildman–Crippen MR) is 228 cm³/mol. The maximum Gasteiger partial charge on any atom is 0.164 e. The maximum absolute atomic E-state index is 9.83. The van der Waals surface area contributed by atoms with Crippen molar-refractivity contribution in [2.75, 3.05) is 0 Å². The zero-order chi connectivity index (χ0) is 38.1. The van der Waals surface area contributed by atoms with Crippen LogP contribution in [0.4, 0.5) is 0 Å². The van der Waals surface area contributed by atoms with Crippen molar-refractivity contribution >= 4 is 21.9 Å². The minimum absolute atomic E-state index is 0.522. The van der Waals surface area contributed by atoms with Crippen LogP contribution >= 0.6 is 0 Å². The number of benzene rings is 7. The Bertz CT molecular complexity index is 3110. The van der Waals surface area contributed by atoms with E-state index in [1.807, 2.05) is 103 Å². The molecule has 8 aromatic carbocycles. The standard InChI is InChI=1S/C52H30N4O/c53-33-43-15-7-8-18-44(43)40-16-9-17-41(31-40)51-54-50(39-27-23-37(24-28-39)35-13-5-2-6-14-35)55-52(56-51)42-29-30-46-48(32-42)57-47-20-10-19-45(49(46)47)38-25-21-36(22-26-38)34-11-3-1-4-12-34/h1,3-5,7-32H. The quantitative estimate of drug-likeness (QED) is 0.163. The fourth-order valence-corrected chi connectivity index (χ4v) is 7.44. The SMILES string of the molecule is N#Cc1ccccc1-c1cccc(-c2nc(-c3ccc(-c4cc#ccc4)cc3)nc(-c3ccc4c(c3)oc3cccc(-c5ccc(-c6ccccc6)cc5)c34)n2)c1. The lowest BCUT2D eigenvalue weighted by Gasteiger charge is -2.11. The fourth-order valence-electron chi connectivity index (χ4n) is 7.44. The van der Waals surface area contributed by atoms with Crippen molar-refractivity contribution in [2.45, 2.75) is 0 Å². The highest BCUT2D eigenvalue weighted by Crippen LogP contribution is 2.39. The van der Waals surface area contributed by atoms with Gasteiger partial charge in [0, 0.05) is 27.5 Å². The number of aromatic nitrogens is 3. The first-order valence-electron chi connectivity index (χ1n) is 18.6. The van der Waals surface area contributed by atoms with E-state index >= 15 is 0 Å². The third-order valence-electron chi connectivity index (χ3n) is 10.3. The number of nitrogens with zero attached hydrogens (tertiary/aromatic N) is 4. The molecule has 0 fully saturated rings. The first-order valence-corrected chi connectivity index (χ1v) is 18.6. The van der Waals surface area contributed by atoms with Crippen LogP contribution < -0.4 is 0 Å². The minimum atomic E-state index is 0.522. The molecule has 264 valence electrons. The van der Waals surface area contributed by atoms with Gasteiger partial charge in [0.1, 0.15) is 11.2 Å². The topological polar surface area (TPSA) is 75.6 Å². The van der Waals surface area contributed by atoms with E-state index in [1.165, 1.54) is 11.1 Å². The second kappa shape index (κ2) is 14.3. The summed E-state index contributed by atoms with van der Waals surface area (Å²) in [6.45, 7) is 0. The average Bonchev–Trinajstić information content (AvgIpc) is 3.68. The molecule has 0 aliphatic carbocycles. The molecule has 0 N–H and O–H groups in total. The second-order valence-corrected chi connectivity index (χ2v) is 13.8. The first kappa shape index (κ1) is 33.4. The molecule has 2 heterocycles. The number of nitriles is 1. The van der Waals surface area contributed by atoms with Gasteiger partial charge in [-0.15, -0.1) is 0 Å². The van der Waals surface area contributed by atoms with Gasteiger partial charge >= 0.3 is 0 Å². The van der Waals surface area contributed by atoms with Gasteiger partial charge in [0.05, 0.1) is 11.6 Å². The summed E-state index contributed by atoms with van der Waals surface area (Å²) in [6.07, 6.45) is 0. The summed E-state index contributed by atoms with van der Waals surface area (Å²) in [6, 6.07) is 69.4. The monoisotopic (exact) mass is 726 g/mol. The molecule has 5 heteroatoms. The summed E-state index contributed by atoms with van der Waals surface area (Å²) >= 11 is 0. The number of rotatable bonds is 7. The highest BCUT2D eigenvalue weighted by molar-refractivity contribution is 6.13. The molecule has 2 aromatic heterocycles. The van der Waals surface area contributed by atoms with Crippen LogP contribution in [0.3, 0.4) is 0 Å². The Kier molecular flexibility index (Phi) is 8.37. The Morgan fingerprint density at radius 3 is 1.75 bits per heavy atom. The maximum atomic E-state index is 9.83. The van der Waals surface area contributed by atoms with Crippen LogP contribution in [0.25, 0.3) is 101 Å². The highest BCUT2D eigenvalue weighted by atomic mass is 16.3. The van der Waals surface area contributed by atoms with E-state index in [4.69, 9.17) is 19.4 Å². The molecule has 5 nitrogen and oxygen atoms in total. The molecule has 0 saturated carbocycles. The van der Waals surface area contributed by atoms with Crippen LogP contribution in [0, 0.1) is 23.5 Å². The van der Waals surface area contributed by atoms with Crippen molar-refractivity contribution in [1.29, 1.82) is 5.26 Å². The summed E-state index contributed by atoms with van der Waals surface area (Å²) in [5.74, 6) is 1.59. The summed E-state index contributed by atoms with van der Waals surface area (Å²) in [5, 5.41) is 11.9. The first-order chi connectivity index (χ1) is 28.2. The number of hydrogen-bond donors (Lipinski definition) is 0. The molecule has 0 unspecified atom stereocenters. The van der Waals surface area contributed by atoms with Crippen LogP contribution in [0.2, 0.25) is 0 Å². The lowest BCUT2D eigenvalue weighted by Crippen LogP contribution is -2.00. The summed E-state index contributed by atoms with van der Waals surface area (Å²) in [5.41, 5.74) is 13.1. The van der Waals surface area contributed by atoms with Gasteiger partial charge in [0.15, 0.2) is 17.5 Å². The average molecular weight is 727 g/mol. The Morgan fingerprint density at radius 1 is 0.421 bits per heavy atom. The van der Waals surface area contributed by atoms with Crippen LogP contribution in [0.5, 0.6) is 0 Å². The second-order valence-electron chi connectivity index (χ2n) is 13.8. The Morgan fingerprint density at radius 2 is 1.00 bits per heavy atom. The van der Waals surface area contributed by atoms with Crippen molar-refractivity contribution in [3.05, 3.63) is 200 Å². The van der Waals surface area contributed by atoms with Gasteiger partial charge in [-0.1, -0.05) is 146 Å². The molecular weight excluding hydrogens is 697 g/mol. The Hall–Kier alpha value is -8.12. The van der Waals surface area contributed by atoms with E-state index in [2.05, 4.69) is 97.1 Å². The molecule has 0 aliphatic heterocycles. The molecule has 10 aromatic rings. The number of fused-ring (bicyclic) bond motifs is 3. The summed E-state index contributed by atoms with van der Waals surface area (Å²) in [4.78, 5) is 15.1. The van der Waals surface area contributed by atoms with E-state index in [9.17, 15) is 5.26 Å². The van der Waals surface area contributed by atoms with E-state index < -0.39 is 0 Å². The molecule has 0 atom stereocenters. The third kappa shape index (κ3) is 6.36. The summed E-state index contributed by atoms with van der Waals surface area (Å²) in [7, 11) is 0. The van der Waals surface area contributed by atoms with Gasteiger partial charge < -0.3 is 4.42 Å². The number of hydrogen-bond acceptors (Lipinski definition) is 5. The largest absolute Gasteiger partial charge is 0.456 e. The molecule has 0 spiro atoms. The van der Waals surface area contributed by atoms with Gasteiger partial charge in [0.2, 0.25) is 0 Å². The van der Waals surface area contributed by atoms with Gasteiger partial charge in [-0.3, -0.25) is 0 Å². The normalized spacial score (nSPS) is 11.0. The van der Waals surface area contributed by atoms with Crippen molar-refractivity contribution in [2.24, 2.45) is 0 Å². The third-order valence-corrected chi connectivity index (χ3v) is 10.3. The van der Waals surface area contributed by atoms with Gasteiger partial charge in [0.25, 0.3) is 0 Å². The molecule has 0 bridgehead atoms.